The van der Waals surface area contributed by atoms with Gasteiger partial charge in [-0.05, 0) is 64.2 Å². The van der Waals surface area contributed by atoms with Crippen molar-refractivity contribution in [2.75, 3.05) is 0 Å². The van der Waals surface area contributed by atoms with Crippen molar-refractivity contribution in [3.63, 3.8) is 0 Å². The van der Waals surface area contributed by atoms with Gasteiger partial charge in [-0.25, -0.2) is 0 Å². The quantitative estimate of drug-likeness (QED) is 0.496. The summed E-state index contributed by atoms with van der Waals surface area (Å²) in [6.07, 6.45) is 20.0. The van der Waals surface area contributed by atoms with Gasteiger partial charge in [0.05, 0.1) is 0 Å². The summed E-state index contributed by atoms with van der Waals surface area (Å²) in [6, 6.07) is 0. The molecule has 2 aliphatic rings. The van der Waals surface area contributed by atoms with E-state index in [0.29, 0.717) is 10.8 Å². The Hall–Kier alpha value is 0.883. The van der Waals surface area contributed by atoms with Crippen LogP contribution in [0.15, 0.2) is 0 Å². The zero-order chi connectivity index (χ0) is 17.2. The van der Waals surface area contributed by atoms with Crippen LogP contribution in [0.4, 0.5) is 0 Å². The van der Waals surface area contributed by atoms with Gasteiger partial charge in [0.1, 0.15) is 0 Å². The molecule has 0 aromatic carbocycles. The van der Waals surface area contributed by atoms with Gasteiger partial charge in [0.25, 0.3) is 0 Å². The molecule has 23 heavy (non-hydrogen) atoms. The molecule has 0 aromatic rings. The smallest absolute Gasteiger partial charge is 0.316 e. The molecule has 0 saturated heterocycles. The van der Waals surface area contributed by atoms with Crippen molar-refractivity contribution >= 4 is 0 Å². The van der Waals surface area contributed by atoms with E-state index in [1.165, 1.54) is 11.8 Å². The van der Waals surface area contributed by atoms with Crippen LogP contribution in [0.2, 0.25) is 0 Å². The first-order chi connectivity index (χ1) is 10.1. The topological polar surface area (TPSA) is 0 Å². The summed E-state index contributed by atoms with van der Waals surface area (Å²) in [6.45, 7) is 18.2. The van der Waals surface area contributed by atoms with Gasteiger partial charge in [-0.3, -0.25) is 0 Å². The van der Waals surface area contributed by atoms with Gasteiger partial charge in [-0.1, -0.05) is 27.7 Å². The molecule has 0 amide bonds. The van der Waals surface area contributed by atoms with E-state index in [-0.39, 0.29) is 26.2 Å². The molecule has 2 saturated carbocycles. The van der Waals surface area contributed by atoms with Crippen molar-refractivity contribution in [3.8, 4) is 0 Å². The third kappa shape index (κ3) is 9.82. The van der Waals surface area contributed by atoms with E-state index in [1.807, 2.05) is 64.2 Å². The molecule has 10 radical (unpaired) electrons. The summed E-state index contributed by atoms with van der Waals surface area (Å²) in [5, 5.41) is 0. The molecule has 2 aliphatic carbocycles. The standard InChI is InChI=1S/C12H24.2C5H5.Zr/c1-9(2)11(5,6)12(7,8)10(3)4;2*1-2-4-5-3-1;/h1-8H3;2*1-5H;/q-2;;;+2. The van der Waals surface area contributed by atoms with E-state index in [0.717, 1.165) is 0 Å². The molecular formula is C22H34Zr. The largest absolute Gasteiger partial charge is 2.00 e. The van der Waals surface area contributed by atoms with Crippen LogP contribution in [0, 0.1) is 86.9 Å². The van der Waals surface area contributed by atoms with Crippen LogP contribution in [0.3, 0.4) is 0 Å². The molecule has 0 N–H and O–H groups in total. The van der Waals surface area contributed by atoms with Crippen LogP contribution in [0.5, 0.6) is 0 Å². The summed E-state index contributed by atoms with van der Waals surface area (Å²) in [4.78, 5) is 0. The normalized spacial score (nSPS) is 18.0. The Morgan fingerprint density at radius 2 is 0.565 bits per heavy atom. The SMILES string of the molecule is C[C-](C)C(C)(C)C(C)(C)[C-](C)C.[CH]1[CH][CH][CH][CH]1.[CH]1[CH][CH][CH][CH]1.[Zr+2]. The second-order valence-electron chi connectivity index (χ2n) is 7.17. The molecule has 1 heteroatoms. The third-order valence-corrected chi connectivity index (χ3v) is 5.17. The Labute approximate surface area is 168 Å². The van der Waals surface area contributed by atoms with Crippen LogP contribution >= 0.6 is 0 Å². The van der Waals surface area contributed by atoms with Crippen molar-refractivity contribution in [3.05, 3.63) is 76.0 Å². The van der Waals surface area contributed by atoms with E-state index < -0.39 is 0 Å². The number of rotatable bonds is 3. The Morgan fingerprint density at radius 1 is 0.435 bits per heavy atom. The summed E-state index contributed by atoms with van der Waals surface area (Å²) in [5.74, 6) is 3.02. The average molecular weight is 390 g/mol. The van der Waals surface area contributed by atoms with E-state index in [4.69, 9.17) is 0 Å². The van der Waals surface area contributed by atoms with Crippen LogP contribution in [0.25, 0.3) is 0 Å². The van der Waals surface area contributed by atoms with E-state index >= 15 is 0 Å². The van der Waals surface area contributed by atoms with Gasteiger partial charge < -0.3 is 11.8 Å². The molecule has 0 aromatic heterocycles. The number of hydrogen-bond acceptors (Lipinski definition) is 0. The van der Waals surface area contributed by atoms with Gasteiger partial charge in [-0.15, -0.1) is 0 Å². The molecule has 0 nitrogen and oxygen atoms in total. The Balaban J connectivity index is 0. The summed E-state index contributed by atoms with van der Waals surface area (Å²) in [7, 11) is 0. The first kappa shape index (κ1) is 26.1. The Morgan fingerprint density at radius 3 is 0.652 bits per heavy atom. The van der Waals surface area contributed by atoms with Gasteiger partial charge in [-0.2, -0.15) is 38.5 Å². The second-order valence-corrected chi connectivity index (χ2v) is 7.17. The first-order valence-corrected chi connectivity index (χ1v) is 8.08. The predicted molar refractivity (Wildman–Crippen MR) is 99.7 cm³/mol. The Bertz CT molecular complexity index is 212. The maximum Gasteiger partial charge on any atom is 2.00 e. The van der Waals surface area contributed by atoms with Gasteiger partial charge in [0, 0.05) is 0 Å². The van der Waals surface area contributed by atoms with Crippen molar-refractivity contribution in [2.45, 2.75) is 55.4 Å². The fraction of sp³-hybridized carbons (Fsp3) is 0.455. The van der Waals surface area contributed by atoms with Gasteiger partial charge in [0.2, 0.25) is 0 Å². The molecule has 0 aliphatic heterocycles. The minimum atomic E-state index is 0. The number of hydrogen-bond donors (Lipinski definition) is 0. The van der Waals surface area contributed by atoms with E-state index in [2.05, 4.69) is 55.4 Å². The van der Waals surface area contributed by atoms with Crippen molar-refractivity contribution < 1.29 is 26.2 Å². The molecule has 2 fully saturated rings. The van der Waals surface area contributed by atoms with Crippen LogP contribution in [-0.2, 0) is 26.2 Å². The summed E-state index contributed by atoms with van der Waals surface area (Å²) in [5.41, 5.74) is 0.595. The zero-order valence-corrected chi connectivity index (χ0v) is 18.7. The Kier molecular flexibility index (Phi) is 14.9. The van der Waals surface area contributed by atoms with Crippen LogP contribution < -0.4 is 0 Å². The molecular weight excluding hydrogens is 355 g/mol. The molecule has 0 spiro atoms. The third-order valence-electron chi connectivity index (χ3n) is 5.17. The predicted octanol–water partition coefficient (Wildman–Crippen LogP) is 6.31. The molecule has 0 atom stereocenters. The molecule has 0 unspecified atom stereocenters. The minimum Gasteiger partial charge on any atom is -0.316 e. The summed E-state index contributed by atoms with van der Waals surface area (Å²) < 4.78 is 0. The maximum absolute atomic E-state index is 2.33. The van der Waals surface area contributed by atoms with Crippen LogP contribution in [-0.4, -0.2) is 0 Å². The van der Waals surface area contributed by atoms with Gasteiger partial charge >= 0.3 is 26.2 Å². The fourth-order valence-corrected chi connectivity index (χ4v) is 1.89. The first-order valence-electron chi connectivity index (χ1n) is 8.08. The fourth-order valence-electron chi connectivity index (χ4n) is 1.89. The molecule has 2 rings (SSSR count). The van der Waals surface area contributed by atoms with Crippen molar-refractivity contribution in [1.82, 2.24) is 0 Å². The van der Waals surface area contributed by atoms with Crippen molar-refractivity contribution in [1.29, 1.82) is 0 Å². The molecule has 0 heterocycles. The molecule has 126 valence electrons. The van der Waals surface area contributed by atoms with E-state index in [1.54, 1.807) is 0 Å². The molecule has 0 bridgehead atoms. The van der Waals surface area contributed by atoms with Crippen molar-refractivity contribution in [2.24, 2.45) is 10.8 Å². The van der Waals surface area contributed by atoms with Gasteiger partial charge in [0.15, 0.2) is 0 Å². The maximum atomic E-state index is 2.33. The minimum absolute atomic E-state index is 0. The average Bonchev–Trinajstić information content (AvgIpc) is 3.16. The van der Waals surface area contributed by atoms with E-state index in [9.17, 15) is 0 Å². The zero-order valence-electron chi connectivity index (χ0n) is 16.3. The van der Waals surface area contributed by atoms with Crippen LogP contribution in [0.1, 0.15) is 55.4 Å². The summed E-state index contributed by atoms with van der Waals surface area (Å²) >= 11 is 0. The monoisotopic (exact) mass is 388 g/mol. The second kappa shape index (κ2) is 13.1.